The van der Waals surface area contributed by atoms with E-state index in [-0.39, 0.29) is 25.0 Å². The number of nitrogens with zero attached hydrogens (tertiary/aromatic N) is 2. The number of amides is 2. The van der Waals surface area contributed by atoms with Crippen molar-refractivity contribution in [2.24, 2.45) is 5.92 Å². The second-order valence-electron chi connectivity index (χ2n) is 7.00. The van der Waals surface area contributed by atoms with Gasteiger partial charge < -0.3 is 25.4 Å². The van der Waals surface area contributed by atoms with Gasteiger partial charge in [0.25, 0.3) is 11.8 Å². The van der Waals surface area contributed by atoms with Gasteiger partial charge in [-0.05, 0) is 37.0 Å². The Morgan fingerprint density at radius 1 is 1.32 bits per heavy atom. The number of piperidine rings is 1. The highest BCUT2D eigenvalue weighted by molar-refractivity contribution is 6.07. The Bertz CT molecular complexity index is 894. The van der Waals surface area contributed by atoms with Crippen LogP contribution >= 0.6 is 0 Å². The number of benzene rings is 1. The Hall–Kier alpha value is -3.13. The van der Waals surface area contributed by atoms with Gasteiger partial charge in [0.1, 0.15) is 5.69 Å². The molecular weight excluding hydrogens is 360 g/mol. The number of hydrogen-bond donors (Lipinski definition) is 3. The first-order valence-corrected chi connectivity index (χ1v) is 9.33. The highest BCUT2D eigenvalue weighted by atomic mass is 16.5. The van der Waals surface area contributed by atoms with Gasteiger partial charge >= 0.3 is 0 Å². The Labute approximate surface area is 162 Å². The van der Waals surface area contributed by atoms with Crippen molar-refractivity contribution < 1.29 is 19.4 Å². The van der Waals surface area contributed by atoms with Crippen molar-refractivity contribution in [3.05, 3.63) is 42.1 Å². The summed E-state index contributed by atoms with van der Waals surface area (Å²) in [6.45, 7) is 1.81. The van der Waals surface area contributed by atoms with Gasteiger partial charge in [0.05, 0.1) is 16.9 Å². The van der Waals surface area contributed by atoms with E-state index in [1.54, 1.807) is 6.07 Å². The van der Waals surface area contributed by atoms with Crippen LogP contribution in [0.25, 0.3) is 0 Å². The van der Waals surface area contributed by atoms with E-state index >= 15 is 0 Å². The lowest BCUT2D eigenvalue weighted by atomic mass is 9.97. The van der Waals surface area contributed by atoms with Crippen molar-refractivity contribution in [3.63, 3.8) is 0 Å². The molecule has 4 rings (SSSR count). The van der Waals surface area contributed by atoms with E-state index in [9.17, 15) is 14.7 Å². The van der Waals surface area contributed by atoms with Crippen LogP contribution < -0.4 is 20.3 Å². The molecule has 0 spiro atoms. The number of hydrogen-bond acceptors (Lipinski definition) is 6. The predicted octanol–water partition coefficient (Wildman–Crippen LogP) is 1.87. The van der Waals surface area contributed by atoms with E-state index in [0.29, 0.717) is 28.7 Å². The number of anilines is 3. The Morgan fingerprint density at radius 2 is 2.11 bits per heavy atom. The molecular formula is C20H22N4O4. The number of aliphatic hydroxyl groups excluding tert-OH is 1. The summed E-state index contributed by atoms with van der Waals surface area (Å²) in [7, 11) is 0. The van der Waals surface area contributed by atoms with E-state index in [4.69, 9.17) is 4.74 Å². The first-order valence-electron chi connectivity index (χ1n) is 9.33. The Morgan fingerprint density at radius 3 is 2.89 bits per heavy atom. The zero-order valence-corrected chi connectivity index (χ0v) is 15.4. The van der Waals surface area contributed by atoms with E-state index in [2.05, 4.69) is 20.5 Å². The van der Waals surface area contributed by atoms with Crippen molar-refractivity contribution >= 4 is 28.9 Å². The molecule has 3 N–H and O–H groups in total. The maximum atomic E-state index is 12.8. The molecule has 2 aliphatic heterocycles. The van der Waals surface area contributed by atoms with Crippen molar-refractivity contribution in [1.82, 2.24) is 4.98 Å². The standard InChI is InChI=1S/C20H22N4O4/c25-11-13-5-7-24(8-6-13)17-4-2-1-3-15(17)23-19(27)14-9-16-20(21-10-14)28-12-18(26)22-16/h1-4,9-10,13,25H,5-8,11-12H2,(H,22,26)(H,23,27). The number of nitrogens with one attached hydrogen (secondary N) is 2. The zero-order chi connectivity index (χ0) is 19.5. The average molecular weight is 382 g/mol. The monoisotopic (exact) mass is 382 g/mol. The van der Waals surface area contributed by atoms with Crippen LogP contribution in [0.5, 0.6) is 5.88 Å². The average Bonchev–Trinajstić information content (AvgIpc) is 2.73. The fourth-order valence-electron chi connectivity index (χ4n) is 3.51. The number of para-hydroxylation sites is 2. The fourth-order valence-corrected chi connectivity index (χ4v) is 3.51. The molecule has 0 atom stereocenters. The number of rotatable bonds is 4. The summed E-state index contributed by atoms with van der Waals surface area (Å²) < 4.78 is 5.23. The van der Waals surface area contributed by atoms with Gasteiger partial charge in [-0.15, -0.1) is 0 Å². The van der Waals surface area contributed by atoms with Crippen LogP contribution in [-0.4, -0.2) is 48.2 Å². The van der Waals surface area contributed by atoms with Crippen LogP contribution in [-0.2, 0) is 4.79 Å². The number of ether oxygens (including phenoxy) is 1. The van der Waals surface area contributed by atoms with Crippen LogP contribution in [0, 0.1) is 5.92 Å². The topological polar surface area (TPSA) is 104 Å². The summed E-state index contributed by atoms with van der Waals surface area (Å²) in [5.41, 5.74) is 2.39. The quantitative estimate of drug-likeness (QED) is 0.746. The lowest BCUT2D eigenvalue weighted by Crippen LogP contribution is -2.35. The molecule has 1 aromatic heterocycles. The molecule has 8 nitrogen and oxygen atoms in total. The lowest BCUT2D eigenvalue weighted by Gasteiger charge is -2.34. The first-order chi connectivity index (χ1) is 13.6. The summed E-state index contributed by atoms with van der Waals surface area (Å²) in [6, 6.07) is 9.22. The lowest BCUT2D eigenvalue weighted by molar-refractivity contribution is -0.118. The van der Waals surface area contributed by atoms with Crippen molar-refractivity contribution in [3.8, 4) is 5.88 Å². The minimum Gasteiger partial charge on any atom is -0.466 e. The highest BCUT2D eigenvalue weighted by Gasteiger charge is 2.22. The van der Waals surface area contributed by atoms with Crippen LogP contribution in [0.2, 0.25) is 0 Å². The van der Waals surface area contributed by atoms with Crippen LogP contribution in [0.4, 0.5) is 17.1 Å². The Balaban J connectivity index is 1.51. The third kappa shape index (κ3) is 3.77. The molecule has 2 aliphatic rings. The molecule has 0 aliphatic carbocycles. The summed E-state index contributed by atoms with van der Waals surface area (Å²) in [4.78, 5) is 30.6. The number of fused-ring (bicyclic) bond motifs is 1. The van der Waals surface area contributed by atoms with Crippen molar-refractivity contribution in [2.75, 3.05) is 41.8 Å². The third-order valence-corrected chi connectivity index (χ3v) is 5.09. The summed E-state index contributed by atoms with van der Waals surface area (Å²) in [5, 5.41) is 14.9. The van der Waals surface area contributed by atoms with Crippen molar-refractivity contribution in [2.45, 2.75) is 12.8 Å². The molecule has 146 valence electrons. The van der Waals surface area contributed by atoms with E-state index in [0.717, 1.165) is 31.6 Å². The number of aliphatic hydroxyl groups is 1. The smallest absolute Gasteiger partial charge is 0.262 e. The molecule has 0 radical (unpaired) electrons. The molecule has 2 amide bonds. The minimum atomic E-state index is -0.312. The second kappa shape index (κ2) is 7.85. The molecule has 1 saturated heterocycles. The second-order valence-corrected chi connectivity index (χ2v) is 7.00. The largest absolute Gasteiger partial charge is 0.466 e. The van der Waals surface area contributed by atoms with E-state index in [1.807, 2.05) is 24.3 Å². The molecule has 2 aromatic rings. The van der Waals surface area contributed by atoms with Gasteiger partial charge in [0, 0.05) is 25.9 Å². The van der Waals surface area contributed by atoms with Gasteiger partial charge in [0.2, 0.25) is 5.88 Å². The molecule has 0 bridgehead atoms. The molecule has 1 aromatic carbocycles. The maximum absolute atomic E-state index is 12.8. The van der Waals surface area contributed by atoms with E-state index < -0.39 is 0 Å². The predicted molar refractivity (Wildman–Crippen MR) is 105 cm³/mol. The minimum absolute atomic E-state index is 0.0775. The molecule has 3 heterocycles. The van der Waals surface area contributed by atoms with Gasteiger partial charge in [-0.3, -0.25) is 9.59 Å². The number of pyridine rings is 1. The molecule has 28 heavy (non-hydrogen) atoms. The SMILES string of the molecule is O=C1COc2ncc(C(=O)Nc3ccccc3N3CCC(CO)CC3)cc2N1. The summed E-state index contributed by atoms with van der Waals surface area (Å²) in [6.07, 6.45) is 3.28. The highest BCUT2D eigenvalue weighted by Crippen LogP contribution is 2.31. The summed E-state index contributed by atoms with van der Waals surface area (Å²) in [5.74, 6) is 0.0663. The number of aromatic nitrogens is 1. The van der Waals surface area contributed by atoms with Crippen molar-refractivity contribution in [1.29, 1.82) is 0 Å². The van der Waals surface area contributed by atoms with Gasteiger partial charge in [-0.1, -0.05) is 12.1 Å². The first kappa shape index (κ1) is 18.2. The molecule has 0 unspecified atom stereocenters. The van der Waals surface area contributed by atoms with Crippen LogP contribution in [0.1, 0.15) is 23.2 Å². The van der Waals surface area contributed by atoms with Gasteiger partial charge in [0.15, 0.2) is 6.61 Å². The van der Waals surface area contributed by atoms with Gasteiger partial charge in [-0.2, -0.15) is 0 Å². The van der Waals surface area contributed by atoms with Crippen LogP contribution in [0.15, 0.2) is 36.5 Å². The zero-order valence-electron chi connectivity index (χ0n) is 15.4. The van der Waals surface area contributed by atoms with Crippen LogP contribution in [0.3, 0.4) is 0 Å². The molecule has 0 saturated carbocycles. The molecule has 8 heteroatoms. The number of carbonyl (C=O) groups excluding carboxylic acids is 2. The maximum Gasteiger partial charge on any atom is 0.262 e. The normalized spacial score (nSPS) is 16.8. The fraction of sp³-hybridized carbons (Fsp3) is 0.350. The summed E-state index contributed by atoms with van der Waals surface area (Å²) >= 11 is 0. The number of carbonyl (C=O) groups is 2. The van der Waals surface area contributed by atoms with Gasteiger partial charge in [-0.25, -0.2) is 4.98 Å². The van der Waals surface area contributed by atoms with E-state index in [1.165, 1.54) is 6.20 Å². The third-order valence-electron chi connectivity index (χ3n) is 5.09. The Kier molecular flexibility index (Phi) is 5.12. The molecule has 1 fully saturated rings.